The standard InChI is InChI=1S/C14H13N.C4H10O/c1-2-10-6-5-8-12-11-7-3-4-9-13(11)15-14(10)12;1-3-5-4-2/h3-9,15H,2H2,1H3;3-4H2,1-2H3. The zero-order valence-electron chi connectivity index (χ0n) is 12.6. The summed E-state index contributed by atoms with van der Waals surface area (Å²) >= 11 is 0. The van der Waals surface area contributed by atoms with Crippen molar-refractivity contribution in [3.63, 3.8) is 0 Å². The molecule has 2 nitrogen and oxygen atoms in total. The number of aromatic amines is 1. The van der Waals surface area contributed by atoms with Crippen LogP contribution in [0.25, 0.3) is 21.8 Å². The van der Waals surface area contributed by atoms with Crippen molar-refractivity contribution < 1.29 is 4.74 Å². The van der Waals surface area contributed by atoms with Crippen molar-refractivity contribution in [2.24, 2.45) is 0 Å². The molecule has 0 radical (unpaired) electrons. The van der Waals surface area contributed by atoms with Crippen LogP contribution in [-0.2, 0) is 11.2 Å². The molecular formula is C18H23NO. The Hall–Kier alpha value is -1.80. The van der Waals surface area contributed by atoms with Gasteiger partial charge in [-0.2, -0.15) is 0 Å². The molecule has 0 aliphatic heterocycles. The van der Waals surface area contributed by atoms with Gasteiger partial charge in [-0.05, 0) is 31.9 Å². The van der Waals surface area contributed by atoms with E-state index in [0.29, 0.717) is 0 Å². The van der Waals surface area contributed by atoms with Crippen LogP contribution in [0.1, 0.15) is 26.3 Å². The Morgan fingerprint density at radius 3 is 2.20 bits per heavy atom. The molecular weight excluding hydrogens is 246 g/mol. The largest absolute Gasteiger partial charge is 0.382 e. The molecule has 3 rings (SSSR count). The minimum atomic E-state index is 0.844. The molecule has 0 amide bonds. The van der Waals surface area contributed by atoms with Gasteiger partial charge >= 0.3 is 0 Å². The number of aromatic nitrogens is 1. The molecule has 2 heteroatoms. The van der Waals surface area contributed by atoms with E-state index in [-0.39, 0.29) is 0 Å². The van der Waals surface area contributed by atoms with Gasteiger partial charge in [0.25, 0.3) is 0 Å². The Kier molecular flexibility index (Phi) is 5.19. The van der Waals surface area contributed by atoms with Gasteiger partial charge in [0.15, 0.2) is 0 Å². The normalized spacial score (nSPS) is 10.6. The van der Waals surface area contributed by atoms with E-state index in [1.807, 2.05) is 13.8 Å². The van der Waals surface area contributed by atoms with Crippen LogP contribution in [0.2, 0.25) is 0 Å². The monoisotopic (exact) mass is 269 g/mol. The van der Waals surface area contributed by atoms with Gasteiger partial charge in [0.1, 0.15) is 0 Å². The highest BCUT2D eigenvalue weighted by molar-refractivity contribution is 6.08. The average Bonchev–Trinajstić information content (AvgIpc) is 2.87. The third-order valence-corrected chi connectivity index (χ3v) is 3.42. The van der Waals surface area contributed by atoms with Gasteiger partial charge in [-0.25, -0.2) is 0 Å². The smallest absolute Gasteiger partial charge is 0.0497 e. The van der Waals surface area contributed by atoms with E-state index in [0.717, 1.165) is 19.6 Å². The van der Waals surface area contributed by atoms with Crippen LogP contribution in [0, 0.1) is 0 Å². The summed E-state index contributed by atoms with van der Waals surface area (Å²) in [5.74, 6) is 0. The maximum Gasteiger partial charge on any atom is 0.0497 e. The van der Waals surface area contributed by atoms with Crippen LogP contribution in [0.3, 0.4) is 0 Å². The molecule has 0 aliphatic rings. The SMILES string of the molecule is CCOCC.CCc1cccc2c1[nH]c1ccccc12. The van der Waals surface area contributed by atoms with Crippen LogP contribution in [-0.4, -0.2) is 18.2 Å². The molecule has 0 saturated carbocycles. The van der Waals surface area contributed by atoms with Crippen molar-refractivity contribution in [1.82, 2.24) is 4.98 Å². The number of aryl methyl sites for hydroxylation is 1. The zero-order chi connectivity index (χ0) is 14.4. The summed E-state index contributed by atoms with van der Waals surface area (Å²) in [7, 11) is 0. The molecule has 0 bridgehead atoms. The quantitative estimate of drug-likeness (QED) is 0.716. The van der Waals surface area contributed by atoms with Crippen molar-refractivity contribution >= 4 is 21.8 Å². The van der Waals surface area contributed by atoms with E-state index in [2.05, 4.69) is 54.4 Å². The maximum atomic E-state index is 4.83. The molecule has 0 atom stereocenters. The summed E-state index contributed by atoms with van der Waals surface area (Å²) in [4.78, 5) is 3.50. The number of nitrogens with one attached hydrogen (secondary N) is 1. The summed E-state index contributed by atoms with van der Waals surface area (Å²) in [6, 6.07) is 15.0. The zero-order valence-corrected chi connectivity index (χ0v) is 12.6. The second kappa shape index (κ2) is 7.11. The molecule has 2 aromatic carbocycles. The minimum absolute atomic E-state index is 0.844. The number of ether oxygens (including phenoxy) is 1. The Morgan fingerprint density at radius 1 is 0.850 bits per heavy atom. The summed E-state index contributed by atoms with van der Waals surface area (Å²) in [6.45, 7) is 7.86. The highest BCUT2D eigenvalue weighted by Gasteiger charge is 2.05. The van der Waals surface area contributed by atoms with Gasteiger partial charge in [0.05, 0.1) is 0 Å². The van der Waals surface area contributed by atoms with Gasteiger partial charge in [0.2, 0.25) is 0 Å². The van der Waals surface area contributed by atoms with E-state index in [1.54, 1.807) is 0 Å². The Balaban J connectivity index is 0.000000257. The highest BCUT2D eigenvalue weighted by atomic mass is 16.5. The first-order valence-corrected chi connectivity index (χ1v) is 7.37. The number of para-hydroxylation sites is 2. The summed E-state index contributed by atoms with van der Waals surface area (Å²) in [6.07, 6.45) is 1.07. The lowest BCUT2D eigenvalue weighted by atomic mass is 10.1. The number of H-pyrrole nitrogens is 1. The first-order chi connectivity index (χ1) is 9.81. The first-order valence-electron chi connectivity index (χ1n) is 7.37. The van der Waals surface area contributed by atoms with Crippen LogP contribution in [0.4, 0.5) is 0 Å². The molecule has 0 aliphatic carbocycles. The third kappa shape index (κ3) is 3.02. The Morgan fingerprint density at radius 2 is 1.55 bits per heavy atom. The minimum Gasteiger partial charge on any atom is -0.382 e. The van der Waals surface area contributed by atoms with Crippen LogP contribution >= 0.6 is 0 Å². The van der Waals surface area contributed by atoms with Crippen molar-refractivity contribution in [1.29, 1.82) is 0 Å². The Bertz CT molecular complexity index is 667. The van der Waals surface area contributed by atoms with Gasteiger partial charge in [0, 0.05) is 35.0 Å². The summed E-state index contributed by atoms with van der Waals surface area (Å²) < 4.78 is 4.83. The highest BCUT2D eigenvalue weighted by Crippen LogP contribution is 2.27. The average molecular weight is 269 g/mol. The van der Waals surface area contributed by atoms with Gasteiger partial charge in [-0.1, -0.05) is 43.3 Å². The van der Waals surface area contributed by atoms with Crippen molar-refractivity contribution in [3.05, 3.63) is 48.0 Å². The fraction of sp³-hybridized carbons (Fsp3) is 0.333. The number of hydrogen-bond acceptors (Lipinski definition) is 1. The number of benzene rings is 2. The lowest BCUT2D eigenvalue weighted by Gasteiger charge is -1.97. The summed E-state index contributed by atoms with van der Waals surface area (Å²) in [5.41, 5.74) is 3.92. The van der Waals surface area contributed by atoms with E-state index in [1.165, 1.54) is 27.4 Å². The number of fused-ring (bicyclic) bond motifs is 3. The van der Waals surface area contributed by atoms with Crippen molar-refractivity contribution in [3.8, 4) is 0 Å². The van der Waals surface area contributed by atoms with Crippen LogP contribution in [0.5, 0.6) is 0 Å². The molecule has 1 aromatic heterocycles. The van der Waals surface area contributed by atoms with Gasteiger partial charge in [-0.3, -0.25) is 0 Å². The molecule has 0 fully saturated rings. The molecule has 0 unspecified atom stereocenters. The van der Waals surface area contributed by atoms with E-state index >= 15 is 0 Å². The fourth-order valence-corrected chi connectivity index (χ4v) is 2.43. The third-order valence-electron chi connectivity index (χ3n) is 3.42. The number of rotatable bonds is 3. The Labute approximate surface area is 120 Å². The molecule has 106 valence electrons. The predicted octanol–water partition coefficient (Wildman–Crippen LogP) is 4.93. The molecule has 20 heavy (non-hydrogen) atoms. The first kappa shape index (κ1) is 14.6. The van der Waals surface area contributed by atoms with E-state index in [4.69, 9.17) is 4.74 Å². The summed E-state index contributed by atoms with van der Waals surface area (Å²) in [5, 5.41) is 2.66. The second-order valence-corrected chi connectivity index (χ2v) is 4.65. The predicted molar refractivity (Wildman–Crippen MR) is 87.3 cm³/mol. The lowest BCUT2D eigenvalue weighted by molar-refractivity contribution is 0.162. The molecule has 0 saturated heterocycles. The van der Waals surface area contributed by atoms with Gasteiger partial charge in [-0.15, -0.1) is 0 Å². The van der Waals surface area contributed by atoms with Crippen molar-refractivity contribution in [2.75, 3.05) is 13.2 Å². The molecule has 0 spiro atoms. The van der Waals surface area contributed by atoms with Crippen LogP contribution < -0.4 is 0 Å². The van der Waals surface area contributed by atoms with Gasteiger partial charge < -0.3 is 9.72 Å². The maximum absolute atomic E-state index is 4.83. The topological polar surface area (TPSA) is 25.0 Å². The number of hydrogen-bond donors (Lipinski definition) is 1. The molecule has 1 heterocycles. The molecule has 3 aromatic rings. The molecule has 1 N–H and O–H groups in total. The van der Waals surface area contributed by atoms with E-state index < -0.39 is 0 Å². The lowest BCUT2D eigenvalue weighted by Crippen LogP contribution is -1.84. The van der Waals surface area contributed by atoms with Crippen molar-refractivity contribution in [2.45, 2.75) is 27.2 Å². The second-order valence-electron chi connectivity index (χ2n) is 4.65. The van der Waals surface area contributed by atoms with Crippen LogP contribution in [0.15, 0.2) is 42.5 Å². The fourth-order valence-electron chi connectivity index (χ4n) is 2.43. The van der Waals surface area contributed by atoms with E-state index in [9.17, 15) is 0 Å².